The predicted molar refractivity (Wildman–Crippen MR) is 205 cm³/mol. The lowest BCUT2D eigenvalue weighted by atomic mass is 9.72. The number of carbonyl (C=O) groups is 3. The minimum Gasteiger partial charge on any atom is -0.473 e. The van der Waals surface area contributed by atoms with Gasteiger partial charge in [-0.25, -0.2) is 13.4 Å². The van der Waals surface area contributed by atoms with Crippen molar-refractivity contribution in [1.82, 2.24) is 14.6 Å². The zero-order valence-corrected chi connectivity index (χ0v) is 31.4. The van der Waals surface area contributed by atoms with E-state index in [2.05, 4.69) is 4.72 Å². The number of nitrogens with one attached hydrogen (secondary N) is 1. The van der Waals surface area contributed by atoms with Gasteiger partial charge in [0.2, 0.25) is 27.7 Å². The van der Waals surface area contributed by atoms with Crippen LogP contribution >= 0.6 is 22.9 Å². The number of Topliss-reactive ketones (excluding diaryl/α,β-unsaturated/α-hetero) is 1. The summed E-state index contributed by atoms with van der Waals surface area (Å²) in [6.45, 7) is 2.24. The zero-order chi connectivity index (χ0) is 36.0. The second-order valence-corrected chi connectivity index (χ2v) is 18.6. The molecule has 278 valence electrons. The van der Waals surface area contributed by atoms with E-state index < -0.39 is 44.0 Å². The van der Waals surface area contributed by atoms with Crippen molar-refractivity contribution >= 4 is 50.6 Å². The Morgan fingerprint density at radius 3 is 2.46 bits per heavy atom. The molecule has 1 aromatic heterocycles. The highest BCUT2D eigenvalue weighted by Gasteiger charge is 2.62. The summed E-state index contributed by atoms with van der Waals surface area (Å²) in [5.41, 5.74) is 0.705. The molecule has 5 atom stereocenters. The summed E-state index contributed by atoms with van der Waals surface area (Å²) in [6, 6.07) is 17.4. The fourth-order valence-corrected chi connectivity index (χ4v) is 10.0. The van der Waals surface area contributed by atoms with Gasteiger partial charge >= 0.3 is 0 Å². The van der Waals surface area contributed by atoms with Crippen LogP contribution < -0.4 is 9.46 Å². The van der Waals surface area contributed by atoms with E-state index >= 15 is 0 Å². The number of hydrogen-bond donors (Lipinski definition) is 1. The topological polar surface area (TPSA) is 123 Å². The van der Waals surface area contributed by atoms with E-state index in [1.165, 1.54) is 11.3 Å². The molecule has 1 aliphatic heterocycles. The molecule has 3 aliphatic carbocycles. The number of thiazole rings is 1. The van der Waals surface area contributed by atoms with Crippen LogP contribution in [0.3, 0.4) is 0 Å². The molecule has 2 aromatic carbocycles. The predicted octanol–water partition coefficient (Wildman–Crippen LogP) is 8.09. The molecule has 0 spiro atoms. The highest BCUT2D eigenvalue weighted by atomic mass is 35.5. The van der Waals surface area contributed by atoms with Gasteiger partial charge in [0.05, 0.1) is 15.0 Å². The summed E-state index contributed by atoms with van der Waals surface area (Å²) in [6.07, 6.45) is 8.66. The maximum atomic E-state index is 14.5. The van der Waals surface area contributed by atoms with Crippen molar-refractivity contribution < 1.29 is 27.5 Å². The minimum absolute atomic E-state index is 0. The van der Waals surface area contributed by atoms with Crippen LogP contribution in [-0.4, -0.2) is 60.3 Å². The van der Waals surface area contributed by atoms with Gasteiger partial charge in [0.1, 0.15) is 16.9 Å². The number of rotatable bonds is 7. The lowest BCUT2D eigenvalue weighted by Gasteiger charge is -2.37. The van der Waals surface area contributed by atoms with Crippen molar-refractivity contribution in [2.24, 2.45) is 23.2 Å². The Labute approximate surface area is 316 Å². The molecule has 3 fully saturated rings. The number of aromatic nitrogens is 1. The summed E-state index contributed by atoms with van der Waals surface area (Å²) < 4.78 is 34.3. The molecule has 2 amide bonds. The standard InChI is InChI=1S/C39H44ClN3O6S2.CH4/c1-38(19-20-38)51(47,48)42-37(46)39-23-27(39)12-8-3-4-9-21-43(2)36(45)30-18-17-29(22-31(30)32(44)24-39)49-34-33(25-10-6-5-7-11-25)50-35(41-34)26-13-15-28(40)16-14-26;/h5-8,10-16,27,29-31H,3-4,9,17-24H2,1-2H3,(H,42,46);1H4/b12-8-;/t27-,29+,30-,31-,39-;/m1./s1. The van der Waals surface area contributed by atoms with Crippen molar-refractivity contribution in [2.45, 2.75) is 89.4 Å². The summed E-state index contributed by atoms with van der Waals surface area (Å²) in [7, 11) is -2.09. The number of fused-ring (bicyclic) bond motifs is 2. The van der Waals surface area contributed by atoms with Crippen LogP contribution in [0.1, 0.15) is 78.6 Å². The van der Waals surface area contributed by atoms with Crippen LogP contribution in [0.5, 0.6) is 5.88 Å². The number of halogens is 1. The molecule has 9 nitrogen and oxygen atoms in total. The first kappa shape index (κ1) is 38.2. The molecule has 0 saturated heterocycles. The van der Waals surface area contributed by atoms with Crippen molar-refractivity contribution in [1.29, 1.82) is 0 Å². The van der Waals surface area contributed by atoms with Crippen molar-refractivity contribution in [3.8, 4) is 26.9 Å². The van der Waals surface area contributed by atoms with E-state index in [0.29, 0.717) is 56.0 Å². The Hall–Kier alpha value is -3.54. The average molecular weight is 766 g/mol. The SMILES string of the molecule is C.CN1CCCC/C=C\[C@@H]2C[C@@]2(C(=O)NS(=O)(=O)C2(C)CC2)CC(=O)[C@@H]2C[C@@H](Oc3nc(-c4ccc(Cl)cc4)sc3-c3ccccc3)CC[C@H]2C1=O. The Morgan fingerprint density at radius 2 is 1.75 bits per heavy atom. The van der Waals surface area contributed by atoms with E-state index in [9.17, 15) is 22.8 Å². The van der Waals surface area contributed by atoms with E-state index in [-0.39, 0.29) is 31.5 Å². The maximum absolute atomic E-state index is 14.5. The molecule has 7 rings (SSSR count). The molecule has 0 unspecified atom stereocenters. The van der Waals surface area contributed by atoms with Crippen LogP contribution in [0.25, 0.3) is 21.0 Å². The quantitative estimate of drug-likeness (QED) is 0.241. The lowest BCUT2D eigenvalue weighted by Crippen LogP contribution is -2.47. The Kier molecular flexibility index (Phi) is 11.1. The van der Waals surface area contributed by atoms with E-state index in [1.54, 1.807) is 18.9 Å². The minimum atomic E-state index is -3.88. The lowest BCUT2D eigenvalue weighted by molar-refractivity contribution is -0.144. The number of ketones is 1. The monoisotopic (exact) mass is 765 g/mol. The van der Waals surface area contributed by atoms with Gasteiger partial charge in [-0.05, 0) is 88.3 Å². The molecule has 4 aliphatic rings. The highest BCUT2D eigenvalue weighted by Crippen LogP contribution is 2.58. The van der Waals surface area contributed by atoms with E-state index in [4.69, 9.17) is 21.3 Å². The zero-order valence-electron chi connectivity index (χ0n) is 29.0. The van der Waals surface area contributed by atoms with E-state index in [0.717, 1.165) is 40.3 Å². The molecule has 3 aromatic rings. The van der Waals surface area contributed by atoms with E-state index in [1.807, 2.05) is 66.7 Å². The number of nitrogens with zero attached hydrogens (tertiary/aromatic N) is 2. The van der Waals surface area contributed by atoms with Crippen molar-refractivity contribution in [3.63, 3.8) is 0 Å². The number of hydrogen-bond acceptors (Lipinski definition) is 8. The number of allylic oxidation sites excluding steroid dienone is 2. The summed E-state index contributed by atoms with van der Waals surface area (Å²) >= 11 is 7.67. The molecule has 2 heterocycles. The van der Waals surface area contributed by atoms with Crippen molar-refractivity contribution in [3.05, 3.63) is 71.8 Å². The number of carbonyl (C=O) groups excluding carboxylic acids is 3. The summed E-state index contributed by atoms with van der Waals surface area (Å²) in [4.78, 5) is 49.8. The molecular formula is C40H48ClN3O6S2. The Bertz CT molecular complexity index is 1940. The molecule has 0 radical (unpaired) electrons. The molecule has 0 bridgehead atoms. The second-order valence-electron chi connectivity index (χ2n) is 15.0. The Balaban J connectivity index is 0.00000464. The van der Waals surface area contributed by atoms with Gasteiger partial charge in [-0.15, -0.1) is 11.3 Å². The first-order chi connectivity index (χ1) is 24.4. The number of ether oxygens (including phenoxy) is 1. The van der Waals surface area contributed by atoms with Crippen LogP contribution in [0, 0.1) is 23.2 Å². The fraction of sp³-hybridized carbons (Fsp3) is 0.500. The third-order valence-corrected chi connectivity index (χ3v) is 14.8. The third kappa shape index (κ3) is 7.73. The van der Waals surface area contributed by atoms with Gasteiger partial charge < -0.3 is 9.64 Å². The van der Waals surface area contributed by atoms with Crippen LogP contribution in [-0.2, 0) is 24.4 Å². The second kappa shape index (κ2) is 15.1. The molecule has 1 N–H and O–H groups in total. The van der Waals surface area contributed by atoms with Gasteiger partial charge in [0.15, 0.2) is 0 Å². The van der Waals surface area contributed by atoms with Crippen LogP contribution in [0.4, 0.5) is 0 Å². The number of sulfonamides is 1. The van der Waals surface area contributed by atoms with Gasteiger partial charge in [0.25, 0.3) is 0 Å². The molecular weight excluding hydrogens is 718 g/mol. The van der Waals surface area contributed by atoms with Gasteiger partial charge in [-0.2, -0.15) is 0 Å². The van der Waals surface area contributed by atoms with Crippen LogP contribution in [0.15, 0.2) is 66.7 Å². The van der Waals surface area contributed by atoms with Gasteiger partial charge in [-0.1, -0.05) is 73.6 Å². The molecule has 12 heteroatoms. The summed E-state index contributed by atoms with van der Waals surface area (Å²) in [5, 5.41) is 1.40. The first-order valence-corrected chi connectivity index (χ1v) is 20.6. The normalized spacial score (nSPS) is 27.9. The first-order valence-electron chi connectivity index (χ1n) is 17.9. The largest absolute Gasteiger partial charge is 0.473 e. The van der Waals surface area contributed by atoms with Gasteiger partial charge in [-0.3, -0.25) is 19.1 Å². The maximum Gasteiger partial charge on any atom is 0.240 e. The summed E-state index contributed by atoms with van der Waals surface area (Å²) in [5.74, 6) is -1.90. The van der Waals surface area contributed by atoms with Crippen molar-refractivity contribution in [2.75, 3.05) is 13.6 Å². The fourth-order valence-electron chi connectivity index (χ4n) is 7.55. The van der Waals surface area contributed by atoms with Gasteiger partial charge in [0, 0.05) is 42.4 Å². The number of amides is 2. The van der Waals surface area contributed by atoms with Crippen LogP contribution in [0.2, 0.25) is 5.02 Å². The third-order valence-electron chi connectivity index (χ3n) is 11.3. The molecule has 52 heavy (non-hydrogen) atoms. The smallest absolute Gasteiger partial charge is 0.240 e. The Morgan fingerprint density at radius 1 is 1.02 bits per heavy atom. The number of benzene rings is 2. The average Bonchev–Trinajstić information content (AvgIpc) is 4.00. The highest BCUT2D eigenvalue weighted by molar-refractivity contribution is 7.91. The molecule has 3 saturated carbocycles.